The maximum Gasteiger partial charge on any atom is 0.240 e. The molecule has 1 spiro atoms. The third kappa shape index (κ3) is 5.89. The Morgan fingerprint density at radius 3 is 2.51 bits per heavy atom. The largest absolute Gasteiger partial charge is 0.494 e. The number of halogens is 1. The third-order valence-electron chi connectivity index (χ3n) is 6.90. The number of rotatable bonds is 8. The Kier molecular flexibility index (Phi) is 7.83. The maximum atomic E-state index is 12.0. The molecule has 2 aromatic carbocycles. The van der Waals surface area contributed by atoms with Crippen molar-refractivity contribution in [3.63, 3.8) is 0 Å². The Hall–Kier alpha value is -3.16. The van der Waals surface area contributed by atoms with Gasteiger partial charge in [-0.25, -0.2) is 18.5 Å². The predicted octanol–water partition coefficient (Wildman–Crippen LogP) is 4.18. The standard InChI is InChI=1S/C26H31ClN6O5S/c1-3-17-14-20(22(36-2)15-21(17)33-10-8-26(9-11-33)37-12-13-38-26)31-25-29-16-18(27)24(32-25)30-19-6-4-5-7-23(19)39(28,34)35/h4-7,14-16H,3,8-13H2,1-2H3,(H2,28,34,35)(H2,29,30,31,32). The number of sulfonamides is 1. The number of nitrogens with zero attached hydrogens (tertiary/aromatic N) is 3. The second-order valence-electron chi connectivity index (χ2n) is 9.31. The number of aryl methyl sites for hydroxylation is 1. The van der Waals surface area contributed by atoms with Crippen molar-refractivity contribution in [2.75, 3.05) is 48.9 Å². The first-order valence-corrected chi connectivity index (χ1v) is 14.6. The molecule has 13 heteroatoms. The minimum Gasteiger partial charge on any atom is -0.494 e. The normalized spacial score (nSPS) is 16.9. The highest BCUT2D eigenvalue weighted by Crippen LogP contribution is 2.39. The smallest absolute Gasteiger partial charge is 0.240 e. The van der Waals surface area contributed by atoms with E-state index in [9.17, 15) is 8.42 Å². The highest BCUT2D eigenvalue weighted by atomic mass is 35.5. The number of ether oxygens (including phenoxy) is 3. The van der Waals surface area contributed by atoms with E-state index in [1.165, 1.54) is 12.3 Å². The molecule has 3 heterocycles. The molecule has 0 saturated carbocycles. The van der Waals surface area contributed by atoms with Crippen molar-refractivity contribution in [1.29, 1.82) is 0 Å². The molecule has 208 valence electrons. The van der Waals surface area contributed by atoms with Crippen LogP contribution in [0.3, 0.4) is 0 Å². The molecule has 2 aliphatic rings. The lowest BCUT2D eigenvalue weighted by Gasteiger charge is -2.39. The zero-order chi connectivity index (χ0) is 27.6. The zero-order valence-electron chi connectivity index (χ0n) is 21.7. The van der Waals surface area contributed by atoms with Gasteiger partial charge in [-0.3, -0.25) is 0 Å². The van der Waals surface area contributed by atoms with Crippen LogP contribution in [0.15, 0.2) is 47.5 Å². The molecule has 2 saturated heterocycles. The van der Waals surface area contributed by atoms with Crippen LogP contribution >= 0.6 is 11.6 Å². The number of hydrogen-bond acceptors (Lipinski definition) is 10. The summed E-state index contributed by atoms with van der Waals surface area (Å²) in [7, 11) is -2.35. The van der Waals surface area contributed by atoms with Crippen LogP contribution < -0.4 is 25.4 Å². The second kappa shape index (κ2) is 11.1. The fourth-order valence-corrected chi connectivity index (χ4v) is 5.75. The van der Waals surface area contributed by atoms with Gasteiger partial charge in [-0.2, -0.15) is 4.98 Å². The van der Waals surface area contributed by atoms with Crippen molar-refractivity contribution in [2.24, 2.45) is 5.14 Å². The Balaban J connectivity index is 1.39. The number of hydrogen-bond donors (Lipinski definition) is 3. The van der Waals surface area contributed by atoms with Crippen molar-refractivity contribution in [1.82, 2.24) is 9.97 Å². The molecule has 4 N–H and O–H groups in total. The lowest BCUT2D eigenvalue weighted by atomic mass is 10.0. The van der Waals surface area contributed by atoms with Crippen LogP contribution in [-0.4, -0.2) is 57.6 Å². The molecule has 0 amide bonds. The van der Waals surface area contributed by atoms with Gasteiger partial charge in [0.1, 0.15) is 15.7 Å². The fourth-order valence-electron chi connectivity index (χ4n) is 4.91. The number of piperidine rings is 1. The van der Waals surface area contributed by atoms with Gasteiger partial charge in [0.25, 0.3) is 0 Å². The van der Waals surface area contributed by atoms with E-state index in [-0.39, 0.29) is 27.4 Å². The molecule has 0 aliphatic carbocycles. The SMILES string of the molecule is CCc1cc(Nc2ncc(Cl)c(Nc3ccccc3S(N)(=O)=O)n2)c(OC)cc1N1CCC2(CC1)OCCO2. The zero-order valence-corrected chi connectivity index (χ0v) is 23.3. The van der Waals surface area contributed by atoms with Gasteiger partial charge < -0.3 is 29.7 Å². The van der Waals surface area contributed by atoms with Gasteiger partial charge in [0.05, 0.1) is 37.9 Å². The van der Waals surface area contributed by atoms with Crippen molar-refractivity contribution >= 4 is 50.5 Å². The van der Waals surface area contributed by atoms with Crippen LogP contribution in [0.25, 0.3) is 0 Å². The molecule has 0 atom stereocenters. The van der Waals surface area contributed by atoms with E-state index in [0.29, 0.717) is 24.7 Å². The molecule has 5 rings (SSSR count). The lowest BCUT2D eigenvalue weighted by Crippen LogP contribution is -2.45. The molecule has 11 nitrogen and oxygen atoms in total. The van der Waals surface area contributed by atoms with Gasteiger partial charge in [0.2, 0.25) is 16.0 Å². The Morgan fingerprint density at radius 2 is 1.85 bits per heavy atom. The van der Waals surface area contributed by atoms with Crippen LogP contribution in [-0.2, 0) is 25.9 Å². The number of primary sulfonamides is 1. The number of anilines is 5. The van der Waals surface area contributed by atoms with Gasteiger partial charge in [-0.1, -0.05) is 30.7 Å². The number of para-hydroxylation sites is 1. The summed E-state index contributed by atoms with van der Waals surface area (Å²) in [6, 6.07) is 10.3. The van der Waals surface area contributed by atoms with Crippen LogP contribution in [0.4, 0.5) is 28.8 Å². The lowest BCUT2D eigenvalue weighted by molar-refractivity contribution is -0.169. The molecule has 0 bridgehead atoms. The topological polar surface area (TPSA) is 141 Å². The first kappa shape index (κ1) is 27.4. The van der Waals surface area contributed by atoms with Gasteiger partial charge in [-0.15, -0.1) is 0 Å². The molecular weight excluding hydrogens is 544 g/mol. The number of nitrogens with one attached hydrogen (secondary N) is 2. The van der Waals surface area contributed by atoms with Crippen LogP contribution in [0.2, 0.25) is 5.02 Å². The Labute approximate surface area is 232 Å². The van der Waals surface area contributed by atoms with Crippen LogP contribution in [0.5, 0.6) is 5.75 Å². The summed E-state index contributed by atoms with van der Waals surface area (Å²) in [5.41, 5.74) is 3.18. The third-order valence-corrected chi connectivity index (χ3v) is 8.14. The highest BCUT2D eigenvalue weighted by Gasteiger charge is 2.40. The first-order valence-electron chi connectivity index (χ1n) is 12.6. The number of benzene rings is 2. The monoisotopic (exact) mass is 574 g/mol. The fraction of sp³-hybridized carbons (Fsp3) is 0.385. The second-order valence-corrected chi connectivity index (χ2v) is 11.2. The molecule has 0 unspecified atom stereocenters. The summed E-state index contributed by atoms with van der Waals surface area (Å²) in [4.78, 5) is 11.0. The van der Waals surface area contributed by atoms with E-state index >= 15 is 0 Å². The minimum absolute atomic E-state index is 0.0753. The van der Waals surface area contributed by atoms with Gasteiger partial charge in [0, 0.05) is 37.7 Å². The van der Waals surface area contributed by atoms with E-state index in [1.54, 1.807) is 25.3 Å². The molecule has 2 fully saturated rings. The van der Waals surface area contributed by atoms with Crippen molar-refractivity contribution in [3.8, 4) is 5.75 Å². The van der Waals surface area contributed by atoms with Crippen molar-refractivity contribution in [2.45, 2.75) is 36.9 Å². The summed E-state index contributed by atoms with van der Waals surface area (Å²) >= 11 is 6.33. The maximum absolute atomic E-state index is 12.0. The molecule has 3 aromatic rings. The average molecular weight is 575 g/mol. The summed E-state index contributed by atoms with van der Waals surface area (Å²) in [6.07, 6.45) is 3.85. The van der Waals surface area contributed by atoms with Crippen molar-refractivity contribution in [3.05, 3.63) is 53.2 Å². The van der Waals surface area contributed by atoms with E-state index in [2.05, 4.69) is 32.4 Å². The molecule has 0 radical (unpaired) electrons. The van der Waals surface area contributed by atoms with Gasteiger partial charge in [0.15, 0.2) is 11.6 Å². The van der Waals surface area contributed by atoms with E-state index in [4.69, 9.17) is 31.0 Å². The summed E-state index contributed by atoms with van der Waals surface area (Å²) < 4.78 is 41.5. The van der Waals surface area contributed by atoms with Crippen molar-refractivity contribution < 1.29 is 22.6 Å². The minimum atomic E-state index is -3.96. The number of aromatic nitrogens is 2. The molecule has 2 aliphatic heterocycles. The van der Waals surface area contributed by atoms with E-state index in [1.807, 2.05) is 12.1 Å². The Bertz CT molecular complexity index is 1460. The molecule has 1 aromatic heterocycles. The predicted molar refractivity (Wildman–Crippen MR) is 150 cm³/mol. The summed E-state index contributed by atoms with van der Waals surface area (Å²) in [6.45, 7) is 5.04. The van der Waals surface area contributed by atoms with Crippen LogP contribution in [0, 0.1) is 0 Å². The molecular formula is C26H31ClN6O5S. The first-order chi connectivity index (χ1) is 18.7. The molecule has 39 heavy (non-hydrogen) atoms. The summed E-state index contributed by atoms with van der Waals surface area (Å²) in [5, 5.41) is 11.7. The number of methoxy groups -OCH3 is 1. The van der Waals surface area contributed by atoms with E-state index < -0.39 is 15.8 Å². The summed E-state index contributed by atoms with van der Waals surface area (Å²) in [5.74, 6) is 0.651. The highest BCUT2D eigenvalue weighted by molar-refractivity contribution is 7.89. The quantitative estimate of drug-likeness (QED) is 0.359. The van der Waals surface area contributed by atoms with Crippen LogP contribution in [0.1, 0.15) is 25.3 Å². The van der Waals surface area contributed by atoms with Gasteiger partial charge in [-0.05, 0) is 30.2 Å². The Morgan fingerprint density at radius 1 is 1.13 bits per heavy atom. The average Bonchev–Trinajstić information content (AvgIpc) is 3.38. The van der Waals surface area contributed by atoms with E-state index in [0.717, 1.165) is 43.6 Å². The van der Waals surface area contributed by atoms with Gasteiger partial charge >= 0.3 is 0 Å². The number of nitrogens with two attached hydrogens (primary N) is 1.